The molecule has 4 N–H and O–H groups in total. The van der Waals surface area contributed by atoms with Crippen LogP contribution < -0.4 is 11.5 Å². The molecule has 0 spiro atoms. The fourth-order valence-corrected chi connectivity index (χ4v) is 0.336. The number of nitrogens with two attached hydrogens (primary N) is 2. The van der Waals surface area contributed by atoms with Crippen molar-refractivity contribution in [3.63, 3.8) is 0 Å². The van der Waals surface area contributed by atoms with Crippen LogP contribution in [0.2, 0.25) is 0 Å². The number of carbonyl (C=O) groups excluding carboxylic acids is 2. The molecule has 66 valence electrons. The Balaban J connectivity index is 4.66. The number of nitrogens with zero attached hydrogens (tertiary/aromatic N) is 4. The number of hydrogen-bond donors (Lipinski definition) is 2. The molecule has 10 heteroatoms. The third kappa shape index (κ3) is 1.86. The monoisotopic (exact) mass is 176 g/mol. The minimum absolute atomic E-state index is 0.324. The number of primary amides is 2. The van der Waals surface area contributed by atoms with Gasteiger partial charge in [0.1, 0.15) is 0 Å². The maximum atomic E-state index is 10.2. The van der Waals surface area contributed by atoms with E-state index in [1.165, 1.54) is 0 Å². The Kier molecular flexibility index (Phi) is 3.08. The van der Waals surface area contributed by atoms with Crippen molar-refractivity contribution < 1.29 is 9.59 Å². The van der Waals surface area contributed by atoms with Crippen LogP contribution >= 0.6 is 0 Å². The van der Waals surface area contributed by atoms with Crippen molar-refractivity contribution in [1.82, 2.24) is 10.2 Å². The molecular weight excluding hydrogens is 172 g/mol. The van der Waals surface area contributed by atoms with Gasteiger partial charge in [-0.05, 0) is 0 Å². The van der Waals surface area contributed by atoms with E-state index in [1.807, 2.05) is 10.6 Å². The van der Waals surface area contributed by atoms with E-state index in [0.29, 0.717) is 0 Å². The topological polar surface area (TPSA) is 152 Å². The van der Waals surface area contributed by atoms with E-state index in [-0.39, 0.29) is 10.2 Å². The van der Waals surface area contributed by atoms with Crippen LogP contribution in [0.15, 0.2) is 10.6 Å². The van der Waals surface area contributed by atoms with Gasteiger partial charge in [0.15, 0.2) is 0 Å². The maximum Gasteiger partial charge on any atom is 0.359 e. The van der Waals surface area contributed by atoms with Gasteiger partial charge in [-0.15, -0.1) is 9.81 Å². The fourth-order valence-electron chi connectivity index (χ4n) is 0.336. The third-order valence-electron chi connectivity index (χ3n) is 0.728. The largest absolute Gasteiger partial charge is 0.359 e. The van der Waals surface area contributed by atoms with Gasteiger partial charge in [0.2, 0.25) is 0 Å². The second-order valence-electron chi connectivity index (χ2n) is 1.42. The molecule has 0 aliphatic carbocycles. The standard InChI is InChI=1S/C2H4N6O4/c3-1(9)7(5-11)8(6-12)2(4)10/h(H2,3,9)(H2,4,10). The molecule has 4 amide bonds. The Bertz CT molecular complexity index is 202. The SMILES string of the molecule is NC(=O)N(N=O)N(N=O)C(N)=O. The average molecular weight is 176 g/mol. The number of amides is 4. The van der Waals surface area contributed by atoms with Crippen molar-refractivity contribution in [2.75, 3.05) is 0 Å². The number of urea groups is 2. The van der Waals surface area contributed by atoms with E-state index in [4.69, 9.17) is 0 Å². The van der Waals surface area contributed by atoms with E-state index in [9.17, 15) is 19.4 Å². The molecule has 0 atom stereocenters. The summed E-state index contributed by atoms with van der Waals surface area (Å²) in [5.74, 6) is 0. The van der Waals surface area contributed by atoms with Gasteiger partial charge in [-0.1, -0.05) is 10.2 Å². The fraction of sp³-hybridized carbons (Fsp3) is 0. The molecule has 0 saturated heterocycles. The Labute approximate surface area is 64.9 Å². The third-order valence-corrected chi connectivity index (χ3v) is 0.728. The lowest BCUT2D eigenvalue weighted by Crippen LogP contribution is -2.47. The molecule has 0 aliphatic heterocycles. The molecule has 0 rings (SSSR count). The van der Waals surface area contributed by atoms with Crippen LogP contribution in [0.25, 0.3) is 0 Å². The van der Waals surface area contributed by atoms with Crippen LogP contribution in [0.5, 0.6) is 0 Å². The Hall–Kier alpha value is -2.26. The zero-order chi connectivity index (χ0) is 9.72. The van der Waals surface area contributed by atoms with E-state index in [0.717, 1.165) is 0 Å². The Morgan fingerprint density at radius 1 is 0.917 bits per heavy atom. The van der Waals surface area contributed by atoms with E-state index < -0.39 is 12.1 Å². The van der Waals surface area contributed by atoms with Gasteiger partial charge in [-0.3, -0.25) is 0 Å². The maximum absolute atomic E-state index is 10.2. The highest BCUT2D eigenvalue weighted by atomic mass is 16.4. The normalized spacial score (nSPS) is 8.33. The summed E-state index contributed by atoms with van der Waals surface area (Å²) in [5, 5.41) is 3.19. The molecule has 0 heterocycles. The summed E-state index contributed by atoms with van der Waals surface area (Å²) in [6.45, 7) is 0. The predicted molar refractivity (Wildman–Crippen MR) is 34.4 cm³/mol. The average Bonchev–Trinajstić information content (AvgIpc) is 1.98. The molecule has 0 fully saturated rings. The summed E-state index contributed by atoms with van der Waals surface area (Å²) < 4.78 is 0. The Morgan fingerprint density at radius 2 is 1.17 bits per heavy atom. The van der Waals surface area contributed by atoms with Crippen molar-refractivity contribution in [3.05, 3.63) is 9.81 Å². The lowest BCUT2D eigenvalue weighted by Gasteiger charge is -2.15. The van der Waals surface area contributed by atoms with Crippen LogP contribution in [0.3, 0.4) is 0 Å². The van der Waals surface area contributed by atoms with Crippen LogP contribution in [0.1, 0.15) is 0 Å². The summed E-state index contributed by atoms with van der Waals surface area (Å²) in [4.78, 5) is 40.0. The smallest absolute Gasteiger partial charge is 0.348 e. The molecule has 0 aromatic carbocycles. The van der Waals surface area contributed by atoms with Gasteiger partial charge in [-0.25, -0.2) is 9.59 Å². The van der Waals surface area contributed by atoms with Gasteiger partial charge in [0, 0.05) is 0 Å². The quantitative estimate of drug-likeness (QED) is 0.410. The summed E-state index contributed by atoms with van der Waals surface area (Å²) >= 11 is 0. The van der Waals surface area contributed by atoms with Crippen LogP contribution in [-0.4, -0.2) is 22.3 Å². The highest BCUT2D eigenvalue weighted by Crippen LogP contribution is 1.98. The minimum atomic E-state index is -1.46. The predicted octanol–water partition coefficient (Wildman–Crippen LogP) is -0.974. The molecule has 10 nitrogen and oxygen atoms in total. The molecule has 0 saturated carbocycles. The molecule has 0 aliphatic rings. The van der Waals surface area contributed by atoms with Crippen LogP contribution in [0.4, 0.5) is 9.59 Å². The number of hydrogen-bond acceptors (Lipinski definition) is 6. The summed E-state index contributed by atoms with van der Waals surface area (Å²) in [5.41, 5.74) is 9.01. The minimum Gasteiger partial charge on any atom is -0.348 e. The van der Waals surface area contributed by atoms with Gasteiger partial charge >= 0.3 is 12.1 Å². The highest BCUT2D eigenvalue weighted by Gasteiger charge is 2.24. The van der Waals surface area contributed by atoms with Crippen molar-refractivity contribution in [2.24, 2.45) is 22.0 Å². The molecule has 0 radical (unpaired) electrons. The lowest BCUT2D eigenvalue weighted by atomic mass is 11.0. The first-order valence-electron chi connectivity index (χ1n) is 2.40. The van der Waals surface area contributed by atoms with E-state index in [2.05, 4.69) is 11.5 Å². The van der Waals surface area contributed by atoms with Gasteiger partial charge < -0.3 is 11.5 Å². The first kappa shape index (κ1) is 9.74. The zero-order valence-electron chi connectivity index (χ0n) is 5.58. The van der Waals surface area contributed by atoms with Gasteiger partial charge in [0.25, 0.3) is 0 Å². The number of carbonyl (C=O) groups is 2. The van der Waals surface area contributed by atoms with Gasteiger partial charge in [0.05, 0.1) is 10.6 Å². The molecule has 12 heavy (non-hydrogen) atoms. The van der Waals surface area contributed by atoms with Crippen molar-refractivity contribution in [2.45, 2.75) is 0 Å². The summed E-state index contributed by atoms with van der Waals surface area (Å²) in [6, 6.07) is -2.91. The van der Waals surface area contributed by atoms with E-state index in [1.54, 1.807) is 0 Å². The second-order valence-corrected chi connectivity index (χ2v) is 1.42. The molecule has 0 unspecified atom stereocenters. The molecular formula is C2H4N6O4. The zero-order valence-corrected chi connectivity index (χ0v) is 5.58. The van der Waals surface area contributed by atoms with E-state index >= 15 is 0 Å². The summed E-state index contributed by atoms with van der Waals surface area (Å²) in [6.07, 6.45) is 0. The first-order chi connectivity index (χ1) is 5.54. The lowest BCUT2D eigenvalue weighted by molar-refractivity contribution is 0.0562. The van der Waals surface area contributed by atoms with Crippen molar-refractivity contribution in [3.8, 4) is 0 Å². The molecule has 0 aromatic rings. The second kappa shape index (κ2) is 3.80. The Morgan fingerprint density at radius 3 is 1.25 bits per heavy atom. The van der Waals surface area contributed by atoms with Crippen molar-refractivity contribution >= 4 is 12.1 Å². The number of hydrazine groups is 1. The van der Waals surface area contributed by atoms with Gasteiger partial charge in [-0.2, -0.15) is 0 Å². The van der Waals surface area contributed by atoms with Crippen LogP contribution in [0, 0.1) is 9.81 Å². The molecule has 0 bridgehead atoms. The van der Waals surface area contributed by atoms with Crippen molar-refractivity contribution in [1.29, 1.82) is 0 Å². The number of rotatable bonds is 2. The first-order valence-corrected chi connectivity index (χ1v) is 2.40. The highest BCUT2D eigenvalue weighted by molar-refractivity contribution is 5.77. The van der Waals surface area contributed by atoms with Crippen LogP contribution in [-0.2, 0) is 0 Å². The summed E-state index contributed by atoms with van der Waals surface area (Å²) in [7, 11) is 0. The number of nitroso groups, excluding NO2 is 2. The molecule has 0 aromatic heterocycles.